The molecule has 0 saturated heterocycles. The lowest BCUT2D eigenvalue weighted by Crippen LogP contribution is -2.54. The number of aryl methyl sites for hydroxylation is 1. The van der Waals surface area contributed by atoms with Gasteiger partial charge in [-0.15, -0.1) is 0 Å². The predicted octanol–water partition coefficient (Wildman–Crippen LogP) is 4.42. The monoisotopic (exact) mass is 543 g/mol. The molecule has 38 heavy (non-hydrogen) atoms. The maximum Gasteiger partial charge on any atom is 0.244 e. The van der Waals surface area contributed by atoms with Gasteiger partial charge in [-0.05, 0) is 56.4 Å². The fraction of sp³-hybridized carbons (Fsp3) is 0.517. The van der Waals surface area contributed by atoms with Gasteiger partial charge in [0.1, 0.15) is 18.3 Å². The number of ether oxygens (including phenoxy) is 1. The quantitative estimate of drug-likeness (QED) is 0.428. The van der Waals surface area contributed by atoms with Crippen molar-refractivity contribution in [3.05, 3.63) is 59.7 Å². The van der Waals surface area contributed by atoms with E-state index < -0.39 is 28.5 Å². The van der Waals surface area contributed by atoms with Crippen LogP contribution in [0.25, 0.3) is 0 Å². The number of hydrogen-bond donors (Lipinski definition) is 1. The van der Waals surface area contributed by atoms with Crippen LogP contribution in [0.2, 0.25) is 0 Å². The summed E-state index contributed by atoms with van der Waals surface area (Å²) in [5, 5.41) is 3.16. The van der Waals surface area contributed by atoms with E-state index in [4.69, 9.17) is 4.74 Å². The molecule has 208 valence electrons. The van der Waals surface area contributed by atoms with E-state index in [0.717, 1.165) is 47.4 Å². The number of anilines is 1. The molecule has 1 unspecified atom stereocenters. The van der Waals surface area contributed by atoms with Crippen LogP contribution in [0.15, 0.2) is 48.5 Å². The first-order valence-corrected chi connectivity index (χ1v) is 15.3. The summed E-state index contributed by atoms with van der Waals surface area (Å²) in [6.45, 7) is 5.76. The molecule has 8 nitrogen and oxygen atoms in total. The molecule has 1 fully saturated rings. The smallest absolute Gasteiger partial charge is 0.244 e. The number of carbonyl (C=O) groups is 2. The summed E-state index contributed by atoms with van der Waals surface area (Å²) in [5.74, 6) is -0.265. The highest BCUT2D eigenvalue weighted by atomic mass is 32.2. The highest BCUT2D eigenvalue weighted by Crippen LogP contribution is 2.30. The first-order valence-electron chi connectivity index (χ1n) is 13.5. The predicted molar refractivity (Wildman–Crippen MR) is 151 cm³/mol. The number of carbonyl (C=O) groups excluding carboxylic acids is 2. The van der Waals surface area contributed by atoms with Gasteiger partial charge in [0.25, 0.3) is 0 Å². The average molecular weight is 544 g/mol. The van der Waals surface area contributed by atoms with Crippen molar-refractivity contribution in [1.82, 2.24) is 10.2 Å². The number of rotatable bonds is 12. The summed E-state index contributed by atoms with van der Waals surface area (Å²) in [4.78, 5) is 29.0. The number of benzene rings is 2. The van der Waals surface area contributed by atoms with Crippen LogP contribution in [0.3, 0.4) is 0 Å². The lowest BCUT2D eigenvalue weighted by atomic mass is 9.95. The Kier molecular flexibility index (Phi) is 10.6. The third kappa shape index (κ3) is 7.72. The molecule has 0 bridgehead atoms. The van der Waals surface area contributed by atoms with Crippen molar-refractivity contribution in [3.8, 4) is 5.75 Å². The van der Waals surface area contributed by atoms with Crippen LogP contribution >= 0.6 is 0 Å². The maximum absolute atomic E-state index is 14.0. The lowest BCUT2D eigenvalue weighted by molar-refractivity contribution is -0.140. The van der Waals surface area contributed by atoms with Gasteiger partial charge in [0.2, 0.25) is 21.8 Å². The van der Waals surface area contributed by atoms with Crippen molar-refractivity contribution in [2.24, 2.45) is 0 Å². The van der Waals surface area contributed by atoms with Crippen LogP contribution < -0.4 is 14.4 Å². The maximum atomic E-state index is 14.0. The van der Waals surface area contributed by atoms with Crippen molar-refractivity contribution < 1.29 is 22.7 Å². The average Bonchev–Trinajstić information content (AvgIpc) is 2.88. The minimum Gasteiger partial charge on any atom is -0.492 e. The molecule has 0 spiro atoms. The molecular weight excluding hydrogens is 502 g/mol. The zero-order chi connectivity index (χ0) is 27.7. The van der Waals surface area contributed by atoms with E-state index in [1.807, 2.05) is 45.0 Å². The Balaban J connectivity index is 1.95. The van der Waals surface area contributed by atoms with E-state index in [2.05, 4.69) is 5.32 Å². The van der Waals surface area contributed by atoms with Crippen LogP contribution in [0, 0.1) is 6.92 Å². The van der Waals surface area contributed by atoms with Crippen molar-refractivity contribution >= 4 is 27.5 Å². The van der Waals surface area contributed by atoms with Crippen LogP contribution in [-0.4, -0.2) is 56.6 Å². The molecule has 0 aliphatic heterocycles. The second-order valence-corrected chi connectivity index (χ2v) is 11.8. The first kappa shape index (κ1) is 29.5. The minimum atomic E-state index is -3.84. The number of sulfonamides is 1. The molecule has 0 aromatic heterocycles. The molecule has 2 amide bonds. The molecule has 1 N–H and O–H groups in total. The van der Waals surface area contributed by atoms with Gasteiger partial charge in [-0.25, -0.2) is 8.42 Å². The van der Waals surface area contributed by atoms with Crippen LogP contribution in [0.5, 0.6) is 5.75 Å². The largest absolute Gasteiger partial charge is 0.492 e. The minimum absolute atomic E-state index is 0.103. The molecule has 2 aromatic carbocycles. The number of nitrogens with one attached hydrogen (secondary N) is 1. The van der Waals surface area contributed by atoms with Crippen molar-refractivity contribution in [2.75, 3.05) is 23.7 Å². The van der Waals surface area contributed by atoms with Gasteiger partial charge in [0, 0.05) is 12.6 Å². The molecule has 3 rings (SSSR count). The molecule has 9 heteroatoms. The van der Waals surface area contributed by atoms with Crippen LogP contribution in [-0.2, 0) is 26.2 Å². The summed E-state index contributed by atoms with van der Waals surface area (Å²) in [6.07, 6.45) is 6.68. The van der Waals surface area contributed by atoms with E-state index in [0.29, 0.717) is 24.5 Å². The van der Waals surface area contributed by atoms with Crippen molar-refractivity contribution in [3.63, 3.8) is 0 Å². The van der Waals surface area contributed by atoms with E-state index >= 15 is 0 Å². The summed E-state index contributed by atoms with van der Waals surface area (Å²) in [7, 11) is -3.84. The van der Waals surface area contributed by atoms with Crippen molar-refractivity contribution in [2.45, 2.75) is 77.9 Å². The number of amides is 2. The highest BCUT2D eigenvalue weighted by molar-refractivity contribution is 7.92. The van der Waals surface area contributed by atoms with E-state index in [1.165, 1.54) is 11.3 Å². The van der Waals surface area contributed by atoms with Gasteiger partial charge in [0.15, 0.2) is 0 Å². The number of hydrogen-bond acceptors (Lipinski definition) is 5. The van der Waals surface area contributed by atoms with Gasteiger partial charge >= 0.3 is 0 Å². The topological polar surface area (TPSA) is 96.0 Å². The Morgan fingerprint density at radius 3 is 2.32 bits per heavy atom. The Bertz CT molecular complexity index is 1190. The zero-order valence-corrected chi connectivity index (χ0v) is 23.8. The standard InChI is InChI=1S/C29H41N3O5S/c1-5-25(29(34)30-24-16-8-7-9-17-24)31(20-23-15-11-10-14-22(23)3)28(33)21-32(38(4,35)36)26-18-12-13-19-27(26)37-6-2/h10-15,18-19,24-25H,5-9,16-17,20-21H2,1-4H3,(H,30,34). The molecule has 1 aliphatic rings. The third-order valence-electron chi connectivity index (χ3n) is 7.05. The van der Waals surface area contributed by atoms with Crippen LogP contribution in [0.4, 0.5) is 5.69 Å². The van der Waals surface area contributed by atoms with Gasteiger partial charge < -0.3 is 15.0 Å². The summed E-state index contributed by atoms with van der Waals surface area (Å²) in [5.41, 5.74) is 2.20. The van der Waals surface area contributed by atoms with Crippen molar-refractivity contribution in [1.29, 1.82) is 0 Å². The fourth-order valence-electron chi connectivity index (χ4n) is 4.97. The van der Waals surface area contributed by atoms with Crippen LogP contribution in [0.1, 0.15) is 63.5 Å². The number of para-hydroxylation sites is 2. The van der Waals surface area contributed by atoms with Gasteiger partial charge in [-0.1, -0.05) is 62.6 Å². The Hall–Kier alpha value is -3.07. The van der Waals surface area contributed by atoms with E-state index in [-0.39, 0.29) is 18.5 Å². The second kappa shape index (κ2) is 13.6. The molecular formula is C29H41N3O5S. The van der Waals surface area contributed by atoms with Gasteiger partial charge in [-0.3, -0.25) is 13.9 Å². The fourth-order valence-corrected chi connectivity index (χ4v) is 5.82. The summed E-state index contributed by atoms with van der Waals surface area (Å²) >= 11 is 0. The normalized spacial score (nSPS) is 14.9. The molecule has 1 atom stereocenters. The van der Waals surface area contributed by atoms with E-state index in [1.54, 1.807) is 24.3 Å². The first-order chi connectivity index (χ1) is 18.2. The zero-order valence-electron chi connectivity index (χ0n) is 23.0. The summed E-state index contributed by atoms with van der Waals surface area (Å²) in [6, 6.07) is 13.9. The highest BCUT2D eigenvalue weighted by Gasteiger charge is 2.33. The van der Waals surface area contributed by atoms with Gasteiger partial charge in [0.05, 0.1) is 18.6 Å². The van der Waals surface area contributed by atoms with E-state index in [9.17, 15) is 18.0 Å². The molecule has 0 heterocycles. The second-order valence-electron chi connectivity index (χ2n) is 9.89. The van der Waals surface area contributed by atoms with Gasteiger partial charge in [-0.2, -0.15) is 0 Å². The molecule has 0 radical (unpaired) electrons. The Labute approximate surface area is 227 Å². The SMILES string of the molecule is CCOc1ccccc1N(CC(=O)N(Cc1ccccc1C)C(CC)C(=O)NC1CCCCC1)S(C)(=O)=O. The third-order valence-corrected chi connectivity index (χ3v) is 8.18. The molecule has 1 aliphatic carbocycles. The Morgan fingerprint density at radius 2 is 1.68 bits per heavy atom. The Morgan fingerprint density at radius 1 is 1.03 bits per heavy atom. The summed E-state index contributed by atoms with van der Waals surface area (Å²) < 4.78 is 32.6. The number of nitrogens with zero attached hydrogens (tertiary/aromatic N) is 2. The lowest BCUT2D eigenvalue weighted by Gasteiger charge is -2.34. The molecule has 2 aromatic rings. The molecule has 1 saturated carbocycles.